The van der Waals surface area contributed by atoms with Gasteiger partial charge in [-0.25, -0.2) is 19.7 Å². The maximum Gasteiger partial charge on any atom is 0.348 e. The largest absolute Gasteiger partial charge is 0.472 e. The molecule has 0 aliphatic rings. The second-order valence-corrected chi connectivity index (χ2v) is 6.59. The number of aromatic nitrogens is 3. The lowest BCUT2D eigenvalue weighted by atomic mass is 10.2. The number of carbonyl (C=O) groups is 1. The number of aryl methyl sites for hydroxylation is 1. The molecule has 0 aromatic carbocycles. The molecule has 3 aromatic heterocycles. The first-order valence-electron chi connectivity index (χ1n) is 7.96. The van der Waals surface area contributed by atoms with Crippen LogP contribution in [0.3, 0.4) is 0 Å². The van der Waals surface area contributed by atoms with Crippen molar-refractivity contribution in [2.24, 2.45) is 5.73 Å². The summed E-state index contributed by atoms with van der Waals surface area (Å²) in [6.07, 6.45) is 2.91. The van der Waals surface area contributed by atoms with E-state index >= 15 is 0 Å². The summed E-state index contributed by atoms with van der Waals surface area (Å²) in [5, 5.41) is 3.99. The highest BCUT2D eigenvalue weighted by Crippen LogP contribution is 2.36. The molecule has 0 radical (unpaired) electrons. The summed E-state index contributed by atoms with van der Waals surface area (Å²) in [5.41, 5.74) is 7.04. The van der Waals surface area contributed by atoms with E-state index in [0.29, 0.717) is 33.6 Å². The van der Waals surface area contributed by atoms with Crippen LogP contribution in [-0.2, 0) is 4.74 Å². The number of fused-ring (bicyclic) bond motifs is 1. The Bertz CT molecular complexity index is 943. The summed E-state index contributed by atoms with van der Waals surface area (Å²) in [4.78, 5) is 26.0. The van der Waals surface area contributed by atoms with Gasteiger partial charge in [0.25, 0.3) is 0 Å². The van der Waals surface area contributed by atoms with Crippen LogP contribution in [0.1, 0.15) is 22.2 Å². The van der Waals surface area contributed by atoms with Crippen LogP contribution in [-0.4, -0.2) is 40.7 Å². The smallest absolute Gasteiger partial charge is 0.348 e. The van der Waals surface area contributed by atoms with Gasteiger partial charge in [-0.3, -0.25) is 0 Å². The number of carbonyl (C=O) groups excluding carboxylic acids is 1. The molecule has 0 saturated heterocycles. The minimum Gasteiger partial charge on any atom is -0.472 e. The van der Waals surface area contributed by atoms with Gasteiger partial charge in [-0.15, -0.1) is 11.3 Å². The number of esters is 1. The molecule has 0 aliphatic carbocycles. The predicted octanol–water partition coefficient (Wildman–Crippen LogP) is 2.65. The second-order valence-electron chi connectivity index (χ2n) is 5.60. The van der Waals surface area contributed by atoms with E-state index in [4.69, 9.17) is 15.2 Å². The maximum atomic E-state index is 12.0. The standard InChI is InChI=1S/C17H19N5O3S/c1-9(7-18)25-15-11(5-4-6-19-15)22-14-12-10(2)13(17(23)24-3)26-16(12)21-8-20-14/h4-6,8-9H,7,18H2,1-3H3,(H,20,21,22). The molecule has 0 saturated carbocycles. The fourth-order valence-electron chi connectivity index (χ4n) is 2.40. The molecule has 0 fully saturated rings. The second kappa shape index (κ2) is 7.63. The minimum absolute atomic E-state index is 0.176. The first kappa shape index (κ1) is 18.0. The lowest BCUT2D eigenvalue weighted by molar-refractivity contribution is 0.0605. The van der Waals surface area contributed by atoms with Gasteiger partial charge < -0.3 is 20.5 Å². The molecule has 3 N–H and O–H groups in total. The zero-order valence-electron chi connectivity index (χ0n) is 14.6. The zero-order chi connectivity index (χ0) is 18.7. The number of hydrogen-bond acceptors (Lipinski definition) is 9. The lowest BCUT2D eigenvalue weighted by Gasteiger charge is -2.15. The van der Waals surface area contributed by atoms with E-state index < -0.39 is 5.97 Å². The summed E-state index contributed by atoms with van der Waals surface area (Å²) < 4.78 is 10.6. The van der Waals surface area contributed by atoms with Gasteiger partial charge in [0.1, 0.15) is 33.6 Å². The molecule has 0 aliphatic heterocycles. The Morgan fingerprint density at radius 3 is 2.92 bits per heavy atom. The summed E-state index contributed by atoms with van der Waals surface area (Å²) in [5.74, 6) is 0.606. The first-order valence-corrected chi connectivity index (χ1v) is 8.78. The van der Waals surface area contributed by atoms with Crippen LogP contribution in [0.5, 0.6) is 5.88 Å². The molecule has 3 heterocycles. The van der Waals surface area contributed by atoms with Crippen LogP contribution in [0, 0.1) is 6.92 Å². The van der Waals surface area contributed by atoms with Crippen molar-refractivity contribution in [3.05, 3.63) is 35.1 Å². The Morgan fingerprint density at radius 2 is 2.19 bits per heavy atom. The minimum atomic E-state index is -0.390. The van der Waals surface area contributed by atoms with Crippen molar-refractivity contribution >= 4 is 39.0 Å². The van der Waals surface area contributed by atoms with Crippen molar-refractivity contribution < 1.29 is 14.3 Å². The number of methoxy groups -OCH3 is 1. The highest BCUT2D eigenvalue weighted by molar-refractivity contribution is 7.20. The van der Waals surface area contributed by atoms with Crippen LogP contribution < -0.4 is 15.8 Å². The first-order chi connectivity index (χ1) is 12.5. The number of ether oxygens (including phenoxy) is 2. The van der Waals surface area contributed by atoms with Crippen LogP contribution in [0.15, 0.2) is 24.7 Å². The summed E-state index contributed by atoms with van der Waals surface area (Å²) in [7, 11) is 1.36. The molecular formula is C17H19N5O3S. The van der Waals surface area contributed by atoms with Gasteiger partial charge in [0.05, 0.1) is 12.5 Å². The van der Waals surface area contributed by atoms with Crippen molar-refractivity contribution in [3.8, 4) is 5.88 Å². The van der Waals surface area contributed by atoms with Crippen molar-refractivity contribution in [2.75, 3.05) is 19.0 Å². The highest BCUT2D eigenvalue weighted by atomic mass is 32.1. The molecule has 0 spiro atoms. The Balaban J connectivity index is 2.03. The average molecular weight is 373 g/mol. The van der Waals surface area contributed by atoms with Gasteiger partial charge in [0, 0.05) is 12.7 Å². The van der Waals surface area contributed by atoms with Crippen molar-refractivity contribution in [2.45, 2.75) is 20.0 Å². The highest BCUT2D eigenvalue weighted by Gasteiger charge is 2.20. The van der Waals surface area contributed by atoms with Crippen LogP contribution in [0.2, 0.25) is 0 Å². The number of pyridine rings is 1. The normalized spacial score (nSPS) is 12.0. The third kappa shape index (κ3) is 3.44. The Labute approximate surface area is 154 Å². The van der Waals surface area contributed by atoms with Crippen LogP contribution in [0.25, 0.3) is 10.2 Å². The average Bonchev–Trinajstić information content (AvgIpc) is 3.00. The number of hydrogen-bond donors (Lipinski definition) is 2. The van der Waals surface area contributed by atoms with Gasteiger partial charge in [0.2, 0.25) is 5.88 Å². The molecule has 8 nitrogen and oxygen atoms in total. The fraction of sp³-hybridized carbons (Fsp3) is 0.294. The number of thiophene rings is 1. The monoisotopic (exact) mass is 373 g/mol. The molecule has 26 heavy (non-hydrogen) atoms. The molecule has 1 unspecified atom stereocenters. The molecular weight excluding hydrogens is 354 g/mol. The summed E-state index contributed by atoms with van der Waals surface area (Å²) in [6.45, 7) is 4.09. The van der Waals surface area contributed by atoms with Gasteiger partial charge in [-0.1, -0.05) is 0 Å². The van der Waals surface area contributed by atoms with E-state index in [-0.39, 0.29) is 6.10 Å². The van der Waals surface area contributed by atoms with Gasteiger partial charge >= 0.3 is 5.97 Å². The molecule has 3 rings (SSSR count). The molecule has 136 valence electrons. The number of nitrogens with two attached hydrogens (primary N) is 1. The number of nitrogens with one attached hydrogen (secondary N) is 1. The van der Waals surface area contributed by atoms with E-state index in [1.54, 1.807) is 12.3 Å². The Morgan fingerprint density at radius 1 is 1.38 bits per heavy atom. The quantitative estimate of drug-likeness (QED) is 0.634. The maximum absolute atomic E-state index is 12.0. The van der Waals surface area contributed by atoms with E-state index in [2.05, 4.69) is 20.3 Å². The van der Waals surface area contributed by atoms with E-state index in [1.165, 1.54) is 24.8 Å². The van der Waals surface area contributed by atoms with Crippen molar-refractivity contribution in [1.82, 2.24) is 15.0 Å². The SMILES string of the molecule is COC(=O)c1sc2ncnc(Nc3cccnc3OC(C)CN)c2c1C. The van der Waals surface area contributed by atoms with Crippen molar-refractivity contribution in [1.29, 1.82) is 0 Å². The zero-order valence-corrected chi connectivity index (χ0v) is 15.5. The van der Waals surface area contributed by atoms with Crippen LogP contribution in [0.4, 0.5) is 11.5 Å². The lowest BCUT2D eigenvalue weighted by Crippen LogP contribution is -2.23. The van der Waals surface area contributed by atoms with Gasteiger partial charge in [-0.05, 0) is 31.5 Å². The fourth-order valence-corrected chi connectivity index (χ4v) is 3.47. The molecule has 0 bridgehead atoms. The Hall–Kier alpha value is -2.78. The molecule has 0 amide bonds. The van der Waals surface area contributed by atoms with Gasteiger partial charge in [0.15, 0.2) is 0 Å². The third-order valence-electron chi connectivity index (χ3n) is 3.77. The number of rotatable bonds is 6. The summed E-state index contributed by atoms with van der Waals surface area (Å²) >= 11 is 1.27. The summed E-state index contributed by atoms with van der Waals surface area (Å²) in [6, 6.07) is 3.63. The van der Waals surface area contributed by atoms with Crippen LogP contribution >= 0.6 is 11.3 Å². The third-order valence-corrected chi connectivity index (χ3v) is 4.95. The van der Waals surface area contributed by atoms with E-state index in [0.717, 1.165) is 10.9 Å². The topological polar surface area (TPSA) is 112 Å². The van der Waals surface area contributed by atoms with Crippen molar-refractivity contribution in [3.63, 3.8) is 0 Å². The number of nitrogens with zero attached hydrogens (tertiary/aromatic N) is 3. The molecule has 1 atom stereocenters. The van der Waals surface area contributed by atoms with E-state index in [1.807, 2.05) is 19.9 Å². The predicted molar refractivity (Wildman–Crippen MR) is 100 cm³/mol. The molecule has 3 aromatic rings. The number of anilines is 2. The Kier molecular flexibility index (Phi) is 5.29. The van der Waals surface area contributed by atoms with E-state index in [9.17, 15) is 4.79 Å². The molecule has 9 heteroatoms. The van der Waals surface area contributed by atoms with Gasteiger partial charge in [-0.2, -0.15) is 0 Å².